The van der Waals surface area contributed by atoms with E-state index < -0.39 is 18.7 Å². The van der Waals surface area contributed by atoms with Crippen LogP contribution in [-0.4, -0.2) is 33.8 Å². The molecule has 2 rings (SSSR count). The summed E-state index contributed by atoms with van der Waals surface area (Å²) < 4.78 is 30.8. The first-order valence-corrected chi connectivity index (χ1v) is 6.35. The Bertz CT molecular complexity index is 690. The highest BCUT2D eigenvalue weighted by molar-refractivity contribution is 6.42. The van der Waals surface area contributed by atoms with Gasteiger partial charge < -0.3 is 5.32 Å². The maximum absolute atomic E-state index is 8.76. The molecule has 0 spiro atoms. The molecule has 1 atom stereocenters. The van der Waals surface area contributed by atoms with Crippen LogP contribution in [0.5, 0.6) is 0 Å². The molecular formula is C12H15Cl2N5. The zero-order valence-electron chi connectivity index (χ0n) is 14.2. The van der Waals surface area contributed by atoms with Crippen LogP contribution in [0.1, 0.15) is 29.3 Å². The summed E-state index contributed by atoms with van der Waals surface area (Å²) in [6.07, 6.45) is 0.276. The fourth-order valence-corrected chi connectivity index (χ4v) is 1.91. The van der Waals surface area contributed by atoms with Crippen LogP contribution < -0.4 is 5.32 Å². The molecule has 0 aliphatic rings. The molecular weight excluding hydrogens is 285 g/mol. The molecule has 1 aromatic carbocycles. The van der Waals surface area contributed by atoms with E-state index in [4.69, 9.17) is 28.7 Å². The molecule has 0 fully saturated rings. The summed E-state index contributed by atoms with van der Waals surface area (Å²) in [5.74, 6) is -0.404. The number of nitrogens with one attached hydrogen (secondary N) is 1. The molecule has 102 valence electrons. The zero-order chi connectivity index (χ0) is 17.3. The molecule has 19 heavy (non-hydrogen) atoms. The topological polar surface area (TPSA) is 55.6 Å². The third kappa shape index (κ3) is 3.43. The molecule has 0 amide bonds. The van der Waals surface area contributed by atoms with E-state index in [0.29, 0.717) is 22.2 Å². The van der Waals surface area contributed by atoms with Crippen molar-refractivity contribution in [2.24, 2.45) is 0 Å². The van der Waals surface area contributed by atoms with Gasteiger partial charge in [0, 0.05) is 4.11 Å². The summed E-state index contributed by atoms with van der Waals surface area (Å²) in [6, 6.07) is 3.29. The normalized spacial score (nSPS) is 18.1. The fourth-order valence-electron chi connectivity index (χ4n) is 1.61. The highest BCUT2D eigenvalue weighted by Crippen LogP contribution is 2.28. The number of aromatic nitrogens is 4. The van der Waals surface area contributed by atoms with Crippen molar-refractivity contribution < 1.29 is 5.48 Å². The van der Waals surface area contributed by atoms with E-state index in [1.54, 1.807) is 25.2 Å². The minimum atomic E-state index is -2.49. The monoisotopic (exact) mass is 303 g/mol. The highest BCUT2D eigenvalue weighted by atomic mass is 35.5. The molecule has 0 bridgehead atoms. The van der Waals surface area contributed by atoms with Crippen molar-refractivity contribution in [3.63, 3.8) is 0 Å². The minimum Gasteiger partial charge on any atom is -0.320 e. The van der Waals surface area contributed by atoms with Gasteiger partial charge in [-0.3, -0.25) is 0 Å². The van der Waals surface area contributed by atoms with Crippen LogP contribution in [0.2, 0.25) is 10.0 Å². The lowest BCUT2D eigenvalue weighted by atomic mass is 10.0. The van der Waals surface area contributed by atoms with Gasteiger partial charge in [-0.2, -0.15) is 4.80 Å². The van der Waals surface area contributed by atoms with Crippen LogP contribution in [0.4, 0.5) is 0 Å². The molecule has 0 aliphatic carbocycles. The van der Waals surface area contributed by atoms with Gasteiger partial charge in [-0.05, 0) is 49.8 Å². The summed E-state index contributed by atoms with van der Waals surface area (Å²) in [6.45, 7) is -2.01. The Hall–Kier alpha value is -1.17. The number of nitrogens with zero attached hydrogens (tertiary/aromatic N) is 4. The maximum atomic E-state index is 8.76. The largest absolute Gasteiger partial charge is 0.320 e. The van der Waals surface area contributed by atoms with Crippen molar-refractivity contribution >= 4 is 23.2 Å². The molecule has 0 saturated heterocycles. The molecule has 0 radical (unpaired) electrons. The predicted molar refractivity (Wildman–Crippen MR) is 75.7 cm³/mol. The maximum Gasteiger partial charge on any atom is 0.171 e. The van der Waals surface area contributed by atoms with E-state index in [2.05, 4.69) is 20.7 Å². The van der Waals surface area contributed by atoms with E-state index in [0.717, 1.165) is 4.80 Å². The first-order valence-electron chi connectivity index (χ1n) is 7.59. The van der Waals surface area contributed by atoms with Crippen LogP contribution >= 0.6 is 23.2 Å². The molecule has 5 nitrogen and oxygen atoms in total. The number of tetrazole rings is 1. The van der Waals surface area contributed by atoms with Gasteiger partial charge in [0.05, 0.1) is 17.4 Å². The van der Waals surface area contributed by atoms with Gasteiger partial charge >= 0.3 is 0 Å². The molecule has 1 aromatic heterocycles. The number of aryl methyl sites for hydroxylation is 1. The van der Waals surface area contributed by atoms with Crippen LogP contribution in [0.3, 0.4) is 0 Å². The van der Waals surface area contributed by atoms with E-state index in [-0.39, 0.29) is 6.42 Å². The fraction of sp³-hybridized carbons (Fsp3) is 0.417. The van der Waals surface area contributed by atoms with Gasteiger partial charge in [-0.25, -0.2) is 0 Å². The summed E-state index contributed by atoms with van der Waals surface area (Å²) in [7, 11) is 1.75. The number of hydrogen-bond donors (Lipinski definition) is 1. The van der Waals surface area contributed by atoms with Gasteiger partial charge in [-0.15, -0.1) is 10.2 Å². The van der Waals surface area contributed by atoms with E-state index >= 15 is 0 Å². The number of rotatable bonds is 5. The van der Waals surface area contributed by atoms with Crippen LogP contribution in [0, 0.1) is 6.85 Å². The van der Waals surface area contributed by atoms with Crippen LogP contribution in [-0.2, 0) is 0 Å². The van der Waals surface area contributed by atoms with Crippen LogP contribution in [0.25, 0.3) is 0 Å². The Kier molecular flexibility index (Phi) is 3.22. The van der Waals surface area contributed by atoms with Crippen molar-refractivity contribution in [2.75, 3.05) is 13.6 Å². The van der Waals surface area contributed by atoms with Gasteiger partial charge in [0.25, 0.3) is 0 Å². The smallest absolute Gasteiger partial charge is 0.171 e. The average Bonchev–Trinajstić information content (AvgIpc) is 2.98. The van der Waals surface area contributed by atoms with E-state index in [1.165, 1.54) is 0 Å². The van der Waals surface area contributed by atoms with Crippen molar-refractivity contribution in [1.82, 2.24) is 25.5 Å². The SMILES string of the molecule is [2H]C([2H])([2H])c1nnn(C([2H])(CCNC)c2ccc(Cl)c(Cl)c2)n1. The Labute approximate surface area is 127 Å². The predicted octanol–water partition coefficient (Wildman–Crippen LogP) is 2.49. The Morgan fingerprint density at radius 1 is 1.47 bits per heavy atom. The molecule has 1 unspecified atom stereocenters. The lowest BCUT2D eigenvalue weighted by Crippen LogP contribution is -2.20. The second kappa shape index (κ2) is 6.32. The lowest BCUT2D eigenvalue weighted by molar-refractivity contribution is 0.421. The van der Waals surface area contributed by atoms with Crippen molar-refractivity contribution in [2.45, 2.75) is 19.3 Å². The van der Waals surface area contributed by atoms with Crippen molar-refractivity contribution in [3.05, 3.63) is 39.6 Å². The molecule has 0 saturated carbocycles. The lowest BCUT2D eigenvalue weighted by Gasteiger charge is -2.16. The van der Waals surface area contributed by atoms with Gasteiger partial charge in [0.15, 0.2) is 5.82 Å². The third-order valence-corrected chi connectivity index (χ3v) is 3.26. The van der Waals surface area contributed by atoms with Gasteiger partial charge in [0.2, 0.25) is 0 Å². The second-order valence-corrected chi connectivity index (χ2v) is 4.65. The summed E-state index contributed by atoms with van der Waals surface area (Å²) >= 11 is 11.9. The standard InChI is InChI=1S/C12H15Cl2N5/c1-8-16-18-19(17-8)12(5-6-15-2)9-3-4-10(13)11(14)7-9/h3-4,7,12,15H,5-6H2,1-2H3/i1D3,12D. The Balaban J connectivity index is 2.50. The van der Waals surface area contributed by atoms with E-state index in [1.807, 2.05) is 0 Å². The molecule has 7 heteroatoms. The summed E-state index contributed by atoms with van der Waals surface area (Å²) in [5, 5.41) is 14.8. The molecule has 2 aromatic rings. The third-order valence-electron chi connectivity index (χ3n) is 2.52. The number of halogens is 2. The number of hydrogen-bond acceptors (Lipinski definition) is 4. The summed E-state index contributed by atoms with van der Waals surface area (Å²) in [4.78, 5) is 0.992. The van der Waals surface area contributed by atoms with Crippen molar-refractivity contribution in [1.29, 1.82) is 0 Å². The minimum absolute atomic E-state index is 0.276. The Morgan fingerprint density at radius 2 is 2.32 bits per heavy atom. The first kappa shape index (κ1) is 9.69. The summed E-state index contributed by atoms with van der Waals surface area (Å²) in [5.41, 5.74) is 0.483. The average molecular weight is 304 g/mol. The van der Waals surface area contributed by atoms with Crippen molar-refractivity contribution in [3.8, 4) is 0 Å². The van der Waals surface area contributed by atoms with E-state index in [9.17, 15) is 0 Å². The first-order chi connectivity index (χ1) is 10.7. The van der Waals surface area contributed by atoms with Crippen LogP contribution in [0.15, 0.2) is 18.2 Å². The Morgan fingerprint density at radius 3 is 2.95 bits per heavy atom. The van der Waals surface area contributed by atoms with Gasteiger partial charge in [0.1, 0.15) is 0 Å². The molecule has 1 heterocycles. The quantitative estimate of drug-likeness (QED) is 0.922. The molecule has 1 N–H and O–H groups in total. The highest BCUT2D eigenvalue weighted by Gasteiger charge is 2.17. The molecule has 0 aliphatic heterocycles. The number of benzene rings is 1. The zero-order valence-corrected chi connectivity index (χ0v) is 11.7. The van der Waals surface area contributed by atoms with Gasteiger partial charge in [-0.1, -0.05) is 29.3 Å². The second-order valence-electron chi connectivity index (χ2n) is 3.83.